The average molecular weight is 310 g/mol. The first-order chi connectivity index (χ1) is 9.89. The second kappa shape index (κ2) is 6.58. The van der Waals surface area contributed by atoms with E-state index < -0.39 is 9.84 Å². The van der Waals surface area contributed by atoms with Crippen molar-refractivity contribution in [2.45, 2.75) is 30.2 Å². The minimum Gasteiger partial charge on any atom is -0.339 e. The van der Waals surface area contributed by atoms with Gasteiger partial charge in [-0.3, -0.25) is 4.79 Å². The predicted molar refractivity (Wildman–Crippen MR) is 82.2 cm³/mol. The molecule has 2 rings (SSSR count). The molecule has 1 amide bonds. The average Bonchev–Trinajstić information content (AvgIpc) is 2.74. The van der Waals surface area contributed by atoms with E-state index in [1.54, 1.807) is 24.1 Å². The van der Waals surface area contributed by atoms with E-state index in [4.69, 9.17) is 0 Å². The molecule has 1 saturated heterocycles. The Bertz CT molecular complexity index is 605. The minimum absolute atomic E-state index is 0.118. The van der Waals surface area contributed by atoms with E-state index >= 15 is 0 Å². The van der Waals surface area contributed by atoms with Crippen LogP contribution in [0.1, 0.15) is 29.6 Å². The molecule has 6 heteroatoms. The largest absolute Gasteiger partial charge is 0.339 e. The van der Waals surface area contributed by atoms with Gasteiger partial charge in [-0.2, -0.15) is 0 Å². The van der Waals surface area contributed by atoms with Crippen molar-refractivity contribution in [1.82, 2.24) is 10.2 Å². The lowest BCUT2D eigenvalue weighted by Crippen LogP contribution is -2.37. The molecule has 0 spiro atoms. The summed E-state index contributed by atoms with van der Waals surface area (Å²) in [5.74, 6) is -0.118. The molecule has 116 valence electrons. The maximum atomic E-state index is 12.5. The van der Waals surface area contributed by atoms with Gasteiger partial charge in [0.1, 0.15) is 0 Å². The second-order valence-corrected chi connectivity index (χ2v) is 7.57. The summed E-state index contributed by atoms with van der Waals surface area (Å²) in [7, 11) is -1.50. The number of nitrogens with one attached hydrogen (secondary N) is 1. The summed E-state index contributed by atoms with van der Waals surface area (Å²) in [6, 6.07) is 6.47. The van der Waals surface area contributed by atoms with Gasteiger partial charge in [0.2, 0.25) is 0 Å². The summed E-state index contributed by atoms with van der Waals surface area (Å²) in [6.07, 6.45) is 4.10. The molecule has 1 N–H and O–H groups in total. The smallest absolute Gasteiger partial charge is 0.253 e. The zero-order valence-electron chi connectivity index (χ0n) is 12.5. The molecular formula is C15H22N2O3S. The van der Waals surface area contributed by atoms with Crippen LogP contribution in [0.4, 0.5) is 0 Å². The zero-order chi connectivity index (χ0) is 15.5. The van der Waals surface area contributed by atoms with Crippen LogP contribution < -0.4 is 5.32 Å². The normalized spacial score (nSPS) is 19.8. The second-order valence-electron chi connectivity index (χ2n) is 5.55. The molecule has 0 radical (unpaired) electrons. The third-order valence-electron chi connectivity index (χ3n) is 3.92. The fourth-order valence-corrected chi connectivity index (χ4v) is 3.28. The van der Waals surface area contributed by atoms with Crippen molar-refractivity contribution in [2.75, 3.05) is 26.4 Å². The molecule has 1 aromatic carbocycles. The number of nitrogens with zero attached hydrogens (tertiary/aromatic N) is 1. The van der Waals surface area contributed by atoms with Crippen LogP contribution in [-0.2, 0) is 9.84 Å². The van der Waals surface area contributed by atoms with E-state index in [-0.39, 0.29) is 16.8 Å². The number of carbonyl (C=O) groups excluding carboxylic acids is 1. The Balaban J connectivity index is 2.19. The molecular weight excluding hydrogens is 288 g/mol. The van der Waals surface area contributed by atoms with Crippen LogP contribution in [0.15, 0.2) is 29.2 Å². The van der Waals surface area contributed by atoms with E-state index in [1.165, 1.54) is 12.1 Å². The Kier molecular flexibility index (Phi) is 5.00. The molecule has 0 aliphatic carbocycles. The van der Waals surface area contributed by atoms with Gasteiger partial charge >= 0.3 is 0 Å². The molecule has 0 bridgehead atoms. The third-order valence-corrected chi connectivity index (χ3v) is 5.03. The summed E-state index contributed by atoms with van der Waals surface area (Å²) in [4.78, 5) is 14.5. The van der Waals surface area contributed by atoms with Crippen LogP contribution in [0.3, 0.4) is 0 Å². The van der Waals surface area contributed by atoms with Crippen molar-refractivity contribution >= 4 is 15.7 Å². The van der Waals surface area contributed by atoms with Gasteiger partial charge in [-0.25, -0.2) is 8.42 Å². The van der Waals surface area contributed by atoms with Crippen LogP contribution in [0.25, 0.3) is 0 Å². The van der Waals surface area contributed by atoms with Crippen molar-refractivity contribution < 1.29 is 13.2 Å². The van der Waals surface area contributed by atoms with Crippen LogP contribution in [0.5, 0.6) is 0 Å². The lowest BCUT2D eigenvalue weighted by atomic mass is 10.1. The van der Waals surface area contributed by atoms with Gasteiger partial charge in [0.25, 0.3) is 5.91 Å². The van der Waals surface area contributed by atoms with Gasteiger partial charge < -0.3 is 10.2 Å². The monoisotopic (exact) mass is 310 g/mol. The quantitative estimate of drug-likeness (QED) is 0.914. The summed E-state index contributed by atoms with van der Waals surface area (Å²) in [5.41, 5.74) is 0.428. The Morgan fingerprint density at radius 3 is 2.76 bits per heavy atom. The van der Waals surface area contributed by atoms with E-state index in [0.29, 0.717) is 5.56 Å². The number of hydrogen-bond acceptors (Lipinski definition) is 4. The first-order valence-corrected chi connectivity index (χ1v) is 9.07. The Morgan fingerprint density at radius 2 is 2.05 bits per heavy atom. The predicted octanol–water partition coefficient (Wildman–Crippen LogP) is 1.30. The van der Waals surface area contributed by atoms with Gasteiger partial charge in [-0.15, -0.1) is 0 Å². The van der Waals surface area contributed by atoms with Crippen molar-refractivity contribution in [2.24, 2.45) is 0 Å². The number of benzene rings is 1. The Hall–Kier alpha value is -1.40. The maximum Gasteiger partial charge on any atom is 0.253 e. The van der Waals surface area contributed by atoms with E-state index in [0.717, 1.165) is 38.6 Å². The standard InChI is InChI=1S/C15H22N2O3S/c1-17(13-6-4-9-16-10-8-13)15(18)12-5-3-7-14(11-12)21(2,19)20/h3,5,7,11,13,16H,4,6,8-10H2,1-2H3. The van der Waals surface area contributed by atoms with Gasteiger partial charge in [0, 0.05) is 24.9 Å². The molecule has 1 heterocycles. The molecule has 1 aliphatic heterocycles. The number of hydrogen-bond donors (Lipinski definition) is 1. The molecule has 1 aliphatic rings. The van der Waals surface area contributed by atoms with Crippen LogP contribution in [-0.4, -0.2) is 51.7 Å². The molecule has 1 atom stereocenters. The summed E-state index contributed by atoms with van der Waals surface area (Å²) >= 11 is 0. The van der Waals surface area contributed by atoms with Crippen LogP contribution in [0.2, 0.25) is 0 Å². The van der Waals surface area contributed by atoms with Crippen LogP contribution >= 0.6 is 0 Å². The molecule has 0 aromatic heterocycles. The van der Waals surface area contributed by atoms with Crippen molar-refractivity contribution in [3.8, 4) is 0 Å². The fraction of sp³-hybridized carbons (Fsp3) is 0.533. The molecule has 0 saturated carbocycles. The van der Waals surface area contributed by atoms with Gasteiger partial charge in [0.05, 0.1) is 4.90 Å². The highest BCUT2D eigenvalue weighted by atomic mass is 32.2. The summed E-state index contributed by atoms with van der Waals surface area (Å²) in [6.45, 7) is 1.90. The highest BCUT2D eigenvalue weighted by molar-refractivity contribution is 7.90. The minimum atomic E-state index is -3.30. The zero-order valence-corrected chi connectivity index (χ0v) is 13.3. The Labute approximate surface area is 126 Å². The number of carbonyl (C=O) groups is 1. The van der Waals surface area contributed by atoms with E-state index in [1.807, 2.05) is 0 Å². The SMILES string of the molecule is CN(C(=O)c1cccc(S(C)(=O)=O)c1)C1CCCNCC1. The highest BCUT2D eigenvalue weighted by Crippen LogP contribution is 2.17. The number of amides is 1. The van der Waals surface area contributed by atoms with Gasteiger partial charge in [-0.05, 0) is 50.6 Å². The lowest BCUT2D eigenvalue weighted by molar-refractivity contribution is 0.0720. The topological polar surface area (TPSA) is 66.5 Å². The molecule has 1 aromatic rings. The Morgan fingerprint density at radius 1 is 1.29 bits per heavy atom. The molecule has 1 fully saturated rings. The van der Waals surface area contributed by atoms with Gasteiger partial charge in [-0.1, -0.05) is 6.07 Å². The molecule has 1 unspecified atom stereocenters. The first-order valence-electron chi connectivity index (χ1n) is 7.17. The van der Waals surface area contributed by atoms with Crippen LogP contribution in [0, 0.1) is 0 Å². The maximum absolute atomic E-state index is 12.5. The van der Waals surface area contributed by atoms with Crippen molar-refractivity contribution in [3.63, 3.8) is 0 Å². The third kappa shape index (κ3) is 4.04. The summed E-state index contributed by atoms with van der Waals surface area (Å²) < 4.78 is 23.2. The summed E-state index contributed by atoms with van der Waals surface area (Å²) in [5, 5.41) is 3.32. The number of rotatable bonds is 3. The number of sulfone groups is 1. The fourth-order valence-electron chi connectivity index (χ4n) is 2.62. The van der Waals surface area contributed by atoms with E-state index in [9.17, 15) is 13.2 Å². The molecule has 5 nitrogen and oxygen atoms in total. The molecule has 21 heavy (non-hydrogen) atoms. The highest BCUT2D eigenvalue weighted by Gasteiger charge is 2.22. The first kappa shape index (κ1) is 16.0. The van der Waals surface area contributed by atoms with Crippen molar-refractivity contribution in [3.05, 3.63) is 29.8 Å². The van der Waals surface area contributed by atoms with Crippen molar-refractivity contribution in [1.29, 1.82) is 0 Å². The van der Waals surface area contributed by atoms with E-state index in [2.05, 4.69) is 5.32 Å². The lowest BCUT2D eigenvalue weighted by Gasteiger charge is -2.27. The van der Waals surface area contributed by atoms with Gasteiger partial charge in [0.15, 0.2) is 9.84 Å².